The van der Waals surface area contributed by atoms with Crippen LogP contribution >= 0.6 is 0 Å². The summed E-state index contributed by atoms with van der Waals surface area (Å²) in [4.78, 5) is 37.6. The summed E-state index contributed by atoms with van der Waals surface area (Å²) >= 11 is 0. The van der Waals surface area contributed by atoms with Crippen LogP contribution in [0.1, 0.15) is 11.7 Å². The van der Waals surface area contributed by atoms with Gasteiger partial charge in [-0.3, -0.25) is 14.4 Å². The number of hydrogen-bond donors (Lipinski definition) is 2. The monoisotopic (exact) mass is 403 g/mol. The van der Waals surface area contributed by atoms with E-state index in [-0.39, 0.29) is 12.0 Å². The number of rotatable bonds is 4. The van der Waals surface area contributed by atoms with Gasteiger partial charge < -0.3 is 20.3 Å². The average molecular weight is 403 g/mol. The molecule has 2 aromatic rings. The van der Waals surface area contributed by atoms with Crippen LogP contribution in [0.25, 0.3) is 0 Å². The second kappa shape index (κ2) is 9.24. The molecule has 1 heterocycles. The molecule has 1 fully saturated rings. The first-order valence-corrected chi connectivity index (χ1v) is 8.92. The lowest BCUT2D eigenvalue weighted by Gasteiger charge is -2.33. The molecular weight excluding hydrogens is 384 g/mol. The molecule has 1 aliphatic heterocycles. The van der Waals surface area contributed by atoms with Crippen molar-refractivity contribution in [3.8, 4) is 0 Å². The molecule has 1 aliphatic rings. The number of nitrogens with zero attached hydrogens (tertiary/aromatic N) is 1. The van der Waals surface area contributed by atoms with Gasteiger partial charge in [0.05, 0.1) is 25.4 Å². The van der Waals surface area contributed by atoms with Gasteiger partial charge in [0.25, 0.3) is 0 Å². The van der Waals surface area contributed by atoms with Gasteiger partial charge in [-0.15, -0.1) is 0 Å². The Morgan fingerprint density at radius 1 is 1.07 bits per heavy atom. The lowest BCUT2D eigenvalue weighted by Crippen LogP contribution is -2.48. The fourth-order valence-corrected chi connectivity index (χ4v) is 2.87. The number of amides is 3. The summed E-state index contributed by atoms with van der Waals surface area (Å²) in [7, 11) is 0. The molecule has 3 rings (SSSR count). The van der Waals surface area contributed by atoms with Crippen molar-refractivity contribution in [1.29, 1.82) is 0 Å². The molecule has 152 valence electrons. The normalized spacial score (nSPS) is 16.2. The Hall–Kier alpha value is -3.33. The molecule has 1 saturated heterocycles. The maximum absolute atomic E-state index is 13.5. The van der Waals surface area contributed by atoms with Gasteiger partial charge in [0.2, 0.25) is 5.91 Å². The third kappa shape index (κ3) is 5.35. The van der Waals surface area contributed by atoms with E-state index in [1.165, 1.54) is 4.90 Å². The Labute approximate surface area is 165 Å². The highest BCUT2D eigenvalue weighted by molar-refractivity contribution is 6.39. The fourth-order valence-electron chi connectivity index (χ4n) is 2.87. The third-order valence-corrected chi connectivity index (χ3v) is 4.37. The van der Waals surface area contributed by atoms with Crippen molar-refractivity contribution >= 4 is 23.4 Å². The smallest absolute Gasteiger partial charge is 0.313 e. The summed E-state index contributed by atoms with van der Waals surface area (Å²) < 4.78 is 32.4. The number of ether oxygens (including phenoxy) is 1. The molecule has 2 aromatic carbocycles. The van der Waals surface area contributed by atoms with Crippen LogP contribution in [-0.4, -0.2) is 48.9 Å². The molecule has 0 radical (unpaired) electrons. The highest BCUT2D eigenvalue weighted by atomic mass is 19.1. The minimum Gasteiger partial charge on any atom is -0.370 e. The first-order chi connectivity index (χ1) is 13.9. The van der Waals surface area contributed by atoms with Gasteiger partial charge in [0.15, 0.2) is 0 Å². The van der Waals surface area contributed by atoms with E-state index in [0.29, 0.717) is 19.7 Å². The number of benzene rings is 2. The second-order valence-electron chi connectivity index (χ2n) is 6.37. The van der Waals surface area contributed by atoms with Crippen LogP contribution < -0.4 is 10.6 Å². The predicted octanol–water partition coefficient (Wildman–Crippen LogP) is 1.62. The van der Waals surface area contributed by atoms with E-state index in [9.17, 15) is 23.2 Å². The van der Waals surface area contributed by atoms with Gasteiger partial charge in [0, 0.05) is 12.6 Å². The van der Waals surface area contributed by atoms with Crippen LogP contribution in [0.2, 0.25) is 0 Å². The highest BCUT2D eigenvalue weighted by Gasteiger charge is 2.26. The zero-order valence-electron chi connectivity index (χ0n) is 15.4. The Kier molecular flexibility index (Phi) is 6.50. The van der Waals surface area contributed by atoms with Crippen molar-refractivity contribution in [3.63, 3.8) is 0 Å². The minimum absolute atomic E-state index is 0.274. The molecule has 2 N–H and O–H groups in total. The number of anilines is 1. The van der Waals surface area contributed by atoms with Crippen LogP contribution in [0.3, 0.4) is 0 Å². The Balaban J connectivity index is 1.51. The lowest BCUT2D eigenvalue weighted by atomic mass is 10.1. The molecule has 9 heteroatoms. The third-order valence-electron chi connectivity index (χ3n) is 4.37. The number of morpholine rings is 1. The summed E-state index contributed by atoms with van der Waals surface area (Å²) in [5.74, 6) is -4.37. The predicted molar refractivity (Wildman–Crippen MR) is 99.7 cm³/mol. The van der Waals surface area contributed by atoms with Crippen molar-refractivity contribution in [2.75, 3.05) is 31.6 Å². The first kappa shape index (κ1) is 20.4. The molecule has 29 heavy (non-hydrogen) atoms. The van der Waals surface area contributed by atoms with Crippen molar-refractivity contribution in [1.82, 2.24) is 10.2 Å². The molecule has 7 nitrogen and oxygen atoms in total. The van der Waals surface area contributed by atoms with Crippen LogP contribution in [-0.2, 0) is 19.1 Å². The van der Waals surface area contributed by atoms with Crippen molar-refractivity contribution in [2.45, 2.75) is 6.10 Å². The highest BCUT2D eigenvalue weighted by Crippen LogP contribution is 2.21. The first-order valence-electron chi connectivity index (χ1n) is 8.92. The number of hydrogen-bond acceptors (Lipinski definition) is 4. The van der Waals surface area contributed by atoms with Crippen LogP contribution in [0.4, 0.5) is 14.5 Å². The summed E-state index contributed by atoms with van der Waals surface area (Å²) in [6.07, 6.45) is -0.274. The number of nitrogens with one attached hydrogen (secondary N) is 2. The van der Waals surface area contributed by atoms with Crippen molar-refractivity contribution < 1.29 is 27.9 Å². The van der Waals surface area contributed by atoms with E-state index in [2.05, 4.69) is 5.32 Å². The Morgan fingerprint density at radius 3 is 2.59 bits per heavy atom. The maximum Gasteiger partial charge on any atom is 0.313 e. The van der Waals surface area contributed by atoms with Gasteiger partial charge >= 0.3 is 11.8 Å². The largest absolute Gasteiger partial charge is 0.370 e. The number of halogens is 2. The van der Waals surface area contributed by atoms with E-state index in [0.717, 1.165) is 23.8 Å². The fraction of sp³-hybridized carbons (Fsp3) is 0.250. The molecule has 1 atom stereocenters. The van der Waals surface area contributed by atoms with E-state index in [1.807, 2.05) is 35.6 Å². The summed E-state index contributed by atoms with van der Waals surface area (Å²) in [5, 5.41) is 4.16. The number of carbonyl (C=O) groups excluding carboxylic acids is 3. The molecule has 0 aromatic heterocycles. The average Bonchev–Trinajstić information content (AvgIpc) is 2.75. The quantitative estimate of drug-likeness (QED) is 0.760. The van der Waals surface area contributed by atoms with Crippen molar-refractivity contribution in [3.05, 3.63) is 65.7 Å². The van der Waals surface area contributed by atoms with E-state index >= 15 is 0 Å². The molecule has 0 aliphatic carbocycles. The second-order valence-corrected chi connectivity index (χ2v) is 6.37. The van der Waals surface area contributed by atoms with Gasteiger partial charge in [-0.25, -0.2) is 8.78 Å². The van der Waals surface area contributed by atoms with Gasteiger partial charge in [-0.1, -0.05) is 30.3 Å². The molecule has 3 amide bonds. The topological polar surface area (TPSA) is 87.7 Å². The van der Waals surface area contributed by atoms with E-state index in [1.54, 1.807) is 0 Å². The lowest BCUT2D eigenvalue weighted by molar-refractivity contribution is -0.141. The zero-order valence-corrected chi connectivity index (χ0v) is 15.4. The summed E-state index contributed by atoms with van der Waals surface area (Å²) in [5.41, 5.74) is 0.473. The van der Waals surface area contributed by atoms with Gasteiger partial charge in [-0.2, -0.15) is 0 Å². The van der Waals surface area contributed by atoms with Gasteiger partial charge in [-0.05, 0) is 17.7 Å². The zero-order chi connectivity index (χ0) is 20.8. The Bertz CT molecular complexity index is 908. The Morgan fingerprint density at radius 2 is 1.83 bits per heavy atom. The van der Waals surface area contributed by atoms with Crippen LogP contribution in [0.15, 0.2) is 48.5 Å². The molecule has 0 spiro atoms. The van der Waals surface area contributed by atoms with Gasteiger partial charge in [0.1, 0.15) is 17.7 Å². The summed E-state index contributed by atoms with van der Waals surface area (Å²) in [6, 6.07) is 11.9. The standard InChI is InChI=1S/C20H19F2N3O4/c21-14-6-7-15(22)16(10-14)24-20(28)19(27)23-11-18(26)25-8-9-29-17(12-25)13-4-2-1-3-5-13/h1-7,10,17H,8-9,11-12H2,(H,23,27)(H,24,28). The molecule has 0 bridgehead atoms. The maximum atomic E-state index is 13.5. The molecule has 0 saturated carbocycles. The summed E-state index contributed by atoms with van der Waals surface area (Å²) in [6.45, 7) is 0.621. The van der Waals surface area contributed by atoms with Crippen LogP contribution in [0.5, 0.6) is 0 Å². The SMILES string of the molecule is O=C(NCC(=O)N1CCOC(c2ccccc2)C1)C(=O)Nc1cc(F)ccc1F. The van der Waals surface area contributed by atoms with E-state index in [4.69, 9.17) is 4.74 Å². The minimum atomic E-state index is -1.20. The molecule has 1 unspecified atom stereocenters. The van der Waals surface area contributed by atoms with Crippen LogP contribution in [0, 0.1) is 11.6 Å². The molecular formula is C20H19F2N3O4. The van der Waals surface area contributed by atoms with Crippen molar-refractivity contribution in [2.24, 2.45) is 0 Å². The van der Waals surface area contributed by atoms with E-state index < -0.39 is 35.7 Å². The number of carbonyl (C=O) groups is 3.